The Morgan fingerprint density at radius 1 is 1.36 bits per heavy atom. The number of rotatable bonds is 7. The highest BCUT2D eigenvalue weighted by Crippen LogP contribution is 2.27. The van der Waals surface area contributed by atoms with Crippen LogP contribution in [0.15, 0.2) is 18.3 Å². The van der Waals surface area contributed by atoms with Gasteiger partial charge >= 0.3 is 0 Å². The molecule has 0 aliphatic heterocycles. The molecule has 0 aliphatic carbocycles. The van der Waals surface area contributed by atoms with Gasteiger partial charge in [-0.25, -0.2) is 4.98 Å². The minimum atomic E-state index is -0.230. The van der Waals surface area contributed by atoms with E-state index in [2.05, 4.69) is 34.1 Å². The molecule has 118 valence electrons. The lowest BCUT2D eigenvalue weighted by Gasteiger charge is -2.31. The van der Waals surface area contributed by atoms with Crippen LogP contribution in [0.5, 0.6) is 0 Å². The van der Waals surface area contributed by atoms with Crippen molar-refractivity contribution in [2.75, 3.05) is 11.1 Å². The smallest absolute Gasteiger partial charge is 0.222 e. The summed E-state index contributed by atoms with van der Waals surface area (Å²) < 4.78 is 0. The lowest BCUT2D eigenvalue weighted by atomic mass is 9.89. The molecule has 6 heteroatoms. The van der Waals surface area contributed by atoms with Crippen LogP contribution >= 0.6 is 0 Å². The van der Waals surface area contributed by atoms with Crippen molar-refractivity contribution in [2.24, 2.45) is 0 Å². The summed E-state index contributed by atoms with van der Waals surface area (Å²) >= 11 is 0. The number of Topliss-reactive ketones (excluding diaryl/α,β-unsaturated/α-hetero) is 1. The topological polar surface area (TPSA) is 93.8 Å². The highest BCUT2D eigenvalue weighted by molar-refractivity contribution is 5.86. The largest absolute Gasteiger partial charge is 0.368 e. The predicted molar refractivity (Wildman–Crippen MR) is 88.6 cm³/mol. The number of nitrogens with one attached hydrogen (secondary N) is 1. The van der Waals surface area contributed by atoms with Crippen molar-refractivity contribution in [3.63, 3.8) is 0 Å². The second kappa shape index (κ2) is 6.68. The van der Waals surface area contributed by atoms with Crippen LogP contribution in [-0.4, -0.2) is 26.3 Å². The summed E-state index contributed by atoms with van der Waals surface area (Å²) in [7, 11) is 0. The molecule has 0 aliphatic rings. The molecule has 0 fully saturated rings. The Bertz CT molecular complexity index is 673. The highest BCUT2D eigenvalue weighted by atomic mass is 16.1. The number of hydrogen-bond acceptors (Lipinski definition) is 6. The maximum atomic E-state index is 11.3. The molecule has 2 heterocycles. The summed E-state index contributed by atoms with van der Waals surface area (Å²) in [5, 5.41) is 3.45. The van der Waals surface area contributed by atoms with E-state index in [1.807, 2.05) is 12.1 Å². The number of hydrogen-bond donors (Lipinski definition) is 2. The summed E-state index contributed by atoms with van der Waals surface area (Å²) in [6.07, 6.45) is 4.93. The van der Waals surface area contributed by atoms with Crippen molar-refractivity contribution in [3.05, 3.63) is 18.3 Å². The fraction of sp³-hybridized carbons (Fsp3) is 0.500. The molecule has 0 amide bonds. The van der Waals surface area contributed by atoms with Gasteiger partial charge in [-0.2, -0.15) is 4.98 Å². The van der Waals surface area contributed by atoms with Gasteiger partial charge in [-0.1, -0.05) is 13.3 Å². The number of pyridine rings is 1. The van der Waals surface area contributed by atoms with Crippen LogP contribution in [0, 0.1) is 0 Å². The first-order valence-electron chi connectivity index (χ1n) is 7.59. The van der Waals surface area contributed by atoms with E-state index < -0.39 is 0 Å². The molecule has 6 nitrogen and oxygen atoms in total. The number of nitrogen functional groups attached to an aromatic ring is 1. The van der Waals surface area contributed by atoms with Crippen molar-refractivity contribution >= 4 is 28.6 Å². The van der Waals surface area contributed by atoms with Gasteiger partial charge in [0, 0.05) is 18.2 Å². The van der Waals surface area contributed by atoms with Crippen LogP contribution in [0.3, 0.4) is 0 Å². The predicted octanol–water partition coefficient (Wildman–Crippen LogP) is 2.95. The maximum absolute atomic E-state index is 11.3. The maximum Gasteiger partial charge on any atom is 0.222 e. The van der Waals surface area contributed by atoms with Gasteiger partial charge in [-0.3, -0.25) is 4.98 Å². The number of ketones is 1. The van der Waals surface area contributed by atoms with Gasteiger partial charge in [0.25, 0.3) is 0 Å². The molecule has 22 heavy (non-hydrogen) atoms. The normalized spacial score (nSPS) is 13.8. The first-order chi connectivity index (χ1) is 10.4. The molecule has 3 N–H and O–H groups in total. The van der Waals surface area contributed by atoms with Gasteiger partial charge in [0.1, 0.15) is 11.3 Å². The van der Waals surface area contributed by atoms with Gasteiger partial charge in [0.15, 0.2) is 5.82 Å². The summed E-state index contributed by atoms with van der Waals surface area (Å²) in [4.78, 5) is 24.2. The fourth-order valence-corrected chi connectivity index (χ4v) is 2.61. The number of carbonyl (C=O) groups excluding carboxylic acids is 1. The molecule has 0 radical (unpaired) electrons. The average Bonchev–Trinajstić information content (AvgIpc) is 2.45. The monoisotopic (exact) mass is 301 g/mol. The number of fused-ring (bicyclic) bond motifs is 1. The van der Waals surface area contributed by atoms with E-state index in [9.17, 15) is 4.79 Å². The van der Waals surface area contributed by atoms with Crippen LogP contribution in [0.2, 0.25) is 0 Å². The van der Waals surface area contributed by atoms with E-state index in [4.69, 9.17) is 5.73 Å². The molecule has 0 saturated heterocycles. The van der Waals surface area contributed by atoms with Gasteiger partial charge in [-0.05, 0) is 38.8 Å². The number of carbonyl (C=O) groups is 1. The van der Waals surface area contributed by atoms with Crippen LogP contribution in [0.4, 0.5) is 11.8 Å². The minimum absolute atomic E-state index is 0.189. The Kier molecular flexibility index (Phi) is 4.90. The first-order valence-corrected chi connectivity index (χ1v) is 7.59. The second-order valence-corrected chi connectivity index (χ2v) is 5.94. The number of nitrogens with zero attached hydrogens (tertiary/aromatic N) is 3. The molecule has 2 aromatic rings. The SMILES string of the molecule is CCC[C@](C)(CCC(C)=O)Nc1nc(N)nc2cccnc12. The Morgan fingerprint density at radius 2 is 2.14 bits per heavy atom. The summed E-state index contributed by atoms with van der Waals surface area (Å²) in [5.74, 6) is 1.03. The van der Waals surface area contributed by atoms with E-state index in [1.165, 1.54) is 0 Å². The molecule has 0 spiro atoms. The summed E-state index contributed by atoms with van der Waals surface area (Å²) in [6.45, 7) is 5.84. The van der Waals surface area contributed by atoms with Crippen molar-refractivity contribution in [2.45, 2.75) is 52.0 Å². The quantitative estimate of drug-likeness (QED) is 0.816. The molecule has 1 atom stereocenters. The van der Waals surface area contributed by atoms with Gasteiger partial charge in [0.05, 0.1) is 5.52 Å². The van der Waals surface area contributed by atoms with Crippen LogP contribution < -0.4 is 11.1 Å². The molecule has 2 rings (SSSR count). The van der Waals surface area contributed by atoms with Crippen molar-refractivity contribution < 1.29 is 4.79 Å². The van der Waals surface area contributed by atoms with E-state index in [1.54, 1.807) is 13.1 Å². The molecule has 2 aromatic heterocycles. The fourth-order valence-electron chi connectivity index (χ4n) is 2.61. The number of nitrogens with two attached hydrogens (primary N) is 1. The summed E-state index contributed by atoms with van der Waals surface area (Å²) in [6, 6.07) is 3.68. The lowest BCUT2D eigenvalue weighted by molar-refractivity contribution is -0.117. The van der Waals surface area contributed by atoms with E-state index >= 15 is 0 Å². The van der Waals surface area contributed by atoms with E-state index in [0.29, 0.717) is 23.3 Å². The average molecular weight is 301 g/mol. The molecule has 0 saturated carbocycles. The third-order valence-electron chi connectivity index (χ3n) is 3.72. The third-order valence-corrected chi connectivity index (χ3v) is 3.72. The highest BCUT2D eigenvalue weighted by Gasteiger charge is 2.25. The zero-order valence-electron chi connectivity index (χ0n) is 13.4. The van der Waals surface area contributed by atoms with Crippen LogP contribution in [0.1, 0.15) is 46.5 Å². The Balaban J connectivity index is 2.35. The summed E-state index contributed by atoms with van der Waals surface area (Å²) in [5.41, 5.74) is 6.97. The number of anilines is 2. The Hall–Kier alpha value is -2.24. The Labute approximate surface area is 130 Å². The van der Waals surface area contributed by atoms with Crippen molar-refractivity contribution in [3.8, 4) is 0 Å². The van der Waals surface area contributed by atoms with Crippen molar-refractivity contribution in [1.29, 1.82) is 0 Å². The van der Waals surface area contributed by atoms with Crippen LogP contribution in [-0.2, 0) is 4.79 Å². The number of aromatic nitrogens is 3. The molecule has 0 aromatic carbocycles. The zero-order chi connectivity index (χ0) is 16.2. The van der Waals surface area contributed by atoms with Gasteiger partial charge in [-0.15, -0.1) is 0 Å². The molecule has 0 unspecified atom stereocenters. The zero-order valence-corrected chi connectivity index (χ0v) is 13.4. The van der Waals surface area contributed by atoms with Gasteiger partial charge < -0.3 is 15.8 Å². The second-order valence-electron chi connectivity index (χ2n) is 5.94. The van der Waals surface area contributed by atoms with Crippen molar-refractivity contribution in [1.82, 2.24) is 15.0 Å². The first kappa shape index (κ1) is 16.1. The standard InChI is InChI=1S/C16H23N5O/c1-4-8-16(3,9-7-11(2)22)21-14-13-12(6-5-10-18-13)19-15(17)20-14/h5-6,10H,4,7-9H2,1-3H3,(H3,17,19,20,21)/t16-/m1/s1. The van der Waals surface area contributed by atoms with Crippen LogP contribution in [0.25, 0.3) is 11.0 Å². The molecular weight excluding hydrogens is 278 g/mol. The third kappa shape index (κ3) is 3.90. The Morgan fingerprint density at radius 3 is 2.82 bits per heavy atom. The van der Waals surface area contributed by atoms with Gasteiger partial charge in [0.2, 0.25) is 5.95 Å². The molecular formula is C16H23N5O. The van der Waals surface area contributed by atoms with E-state index in [0.717, 1.165) is 19.3 Å². The molecule has 0 bridgehead atoms. The van der Waals surface area contributed by atoms with E-state index in [-0.39, 0.29) is 17.3 Å². The minimum Gasteiger partial charge on any atom is -0.368 e. The lowest BCUT2D eigenvalue weighted by Crippen LogP contribution is -2.35.